The van der Waals surface area contributed by atoms with Crippen LogP contribution in [0.15, 0.2) is 72.8 Å². The van der Waals surface area contributed by atoms with Crippen LogP contribution in [0.3, 0.4) is 0 Å². The Balaban J connectivity index is 1.72. The second-order valence-corrected chi connectivity index (χ2v) is 8.39. The third-order valence-corrected chi connectivity index (χ3v) is 6.10. The molecule has 0 aliphatic carbocycles. The van der Waals surface area contributed by atoms with Crippen molar-refractivity contribution < 1.29 is 9.53 Å². The topological polar surface area (TPSA) is 53.3 Å². The fourth-order valence-corrected chi connectivity index (χ4v) is 4.24. The van der Waals surface area contributed by atoms with E-state index in [1.54, 1.807) is 18.0 Å². The highest BCUT2D eigenvalue weighted by Crippen LogP contribution is 2.42. The van der Waals surface area contributed by atoms with Crippen LogP contribution in [0.25, 0.3) is 0 Å². The van der Waals surface area contributed by atoms with Crippen LogP contribution in [-0.2, 0) is 16.0 Å². The van der Waals surface area contributed by atoms with Gasteiger partial charge in [0, 0.05) is 23.5 Å². The first kappa shape index (κ1) is 21.4. The number of amides is 1. The Labute approximate surface area is 191 Å². The molecule has 0 aromatic heterocycles. The standard InChI is InChI=1S/C25H20Cl2N2O2/c1-29-23(16-6-10-20(26)11-7-16)24(17-8-12-21(27)13-9-17)31-22(25(29)30)14-18-4-2-3-5-19(18)15-28/h2-13,22-24H,14H2,1H3/t22-,23+,24-/m0/s1. The molecule has 4 rings (SSSR count). The molecule has 4 nitrogen and oxygen atoms in total. The second kappa shape index (κ2) is 9.11. The highest BCUT2D eigenvalue weighted by Gasteiger charge is 2.42. The van der Waals surface area contributed by atoms with Gasteiger partial charge in [-0.2, -0.15) is 5.26 Å². The van der Waals surface area contributed by atoms with Gasteiger partial charge in [-0.05, 0) is 47.0 Å². The van der Waals surface area contributed by atoms with Crippen LogP contribution in [0.5, 0.6) is 0 Å². The molecule has 156 valence electrons. The molecule has 1 amide bonds. The molecule has 6 heteroatoms. The van der Waals surface area contributed by atoms with Crippen LogP contribution in [-0.4, -0.2) is 24.0 Å². The fraction of sp³-hybridized carbons (Fsp3) is 0.200. The lowest BCUT2D eigenvalue weighted by molar-refractivity contribution is -0.171. The Bertz CT molecular complexity index is 1120. The molecular formula is C25H20Cl2N2O2. The van der Waals surface area contributed by atoms with E-state index in [4.69, 9.17) is 27.9 Å². The summed E-state index contributed by atoms with van der Waals surface area (Å²) in [7, 11) is 1.79. The van der Waals surface area contributed by atoms with Crippen LogP contribution >= 0.6 is 23.2 Å². The molecule has 0 unspecified atom stereocenters. The maximum Gasteiger partial charge on any atom is 0.252 e. The Kier molecular flexibility index (Phi) is 6.29. The Morgan fingerprint density at radius 3 is 2.13 bits per heavy atom. The van der Waals surface area contributed by atoms with Gasteiger partial charge in [-0.25, -0.2) is 0 Å². The van der Waals surface area contributed by atoms with Gasteiger partial charge < -0.3 is 9.64 Å². The number of nitrogens with zero attached hydrogens (tertiary/aromatic N) is 2. The average Bonchev–Trinajstić information content (AvgIpc) is 2.78. The molecule has 0 radical (unpaired) electrons. The van der Waals surface area contributed by atoms with Crippen molar-refractivity contribution in [1.82, 2.24) is 4.90 Å². The van der Waals surface area contributed by atoms with Gasteiger partial charge in [-0.15, -0.1) is 0 Å². The van der Waals surface area contributed by atoms with Crippen molar-refractivity contribution in [3.8, 4) is 6.07 Å². The first-order valence-electron chi connectivity index (χ1n) is 9.89. The van der Waals surface area contributed by atoms with Gasteiger partial charge in [0.15, 0.2) is 0 Å². The summed E-state index contributed by atoms with van der Waals surface area (Å²) < 4.78 is 6.42. The van der Waals surface area contributed by atoms with E-state index in [2.05, 4.69) is 6.07 Å². The van der Waals surface area contributed by atoms with Crippen LogP contribution < -0.4 is 0 Å². The number of benzene rings is 3. The molecule has 0 bridgehead atoms. The number of hydrogen-bond donors (Lipinski definition) is 0. The predicted octanol–water partition coefficient (Wildman–Crippen LogP) is 5.75. The van der Waals surface area contributed by atoms with Crippen LogP contribution in [0.4, 0.5) is 0 Å². The first-order chi connectivity index (χ1) is 15.0. The van der Waals surface area contributed by atoms with E-state index in [1.807, 2.05) is 66.7 Å². The number of likely N-dealkylation sites (N-methyl/N-ethyl adjacent to an activating group) is 1. The minimum atomic E-state index is -0.705. The van der Waals surface area contributed by atoms with E-state index in [1.165, 1.54) is 0 Å². The number of morpholine rings is 1. The maximum atomic E-state index is 13.3. The number of halogens is 2. The Morgan fingerprint density at radius 2 is 1.52 bits per heavy atom. The molecule has 1 aliphatic rings. The predicted molar refractivity (Wildman–Crippen MR) is 121 cm³/mol. The summed E-state index contributed by atoms with van der Waals surface area (Å²) in [6, 6.07) is 24.1. The molecule has 1 fully saturated rings. The summed E-state index contributed by atoms with van der Waals surface area (Å²) in [5.74, 6) is -0.127. The van der Waals surface area contributed by atoms with Gasteiger partial charge in [-0.1, -0.05) is 65.7 Å². The minimum Gasteiger partial charge on any atom is -0.358 e. The largest absolute Gasteiger partial charge is 0.358 e. The monoisotopic (exact) mass is 450 g/mol. The van der Waals surface area contributed by atoms with E-state index >= 15 is 0 Å². The van der Waals surface area contributed by atoms with Gasteiger partial charge in [0.05, 0.1) is 17.7 Å². The number of ether oxygens (including phenoxy) is 1. The number of carbonyl (C=O) groups is 1. The summed E-state index contributed by atoms with van der Waals surface area (Å²) >= 11 is 12.2. The normalized spacial score (nSPS) is 21.0. The molecule has 1 aliphatic heterocycles. The zero-order chi connectivity index (χ0) is 22.0. The summed E-state index contributed by atoms with van der Waals surface area (Å²) in [4.78, 5) is 15.0. The number of carbonyl (C=O) groups excluding carboxylic acids is 1. The molecule has 0 N–H and O–H groups in total. The van der Waals surface area contributed by atoms with Crippen molar-refractivity contribution >= 4 is 29.1 Å². The molecule has 1 heterocycles. The lowest BCUT2D eigenvalue weighted by Crippen LogP contribution is -2.49. The van der Waals surface area contributed by atoms with Crippen LogP contribution in [0, 0.1) is 11.3 Å². The van der Waals surface area contributed by atoms with Crippen molar-refractivity contribution in [3.05, 3.63) is 105 Å². The van der Waals surface area contributed by atoms with Gasteiger partial charge in [-0.3, -0.25) is 4.79 Å². The number of rotatable bonds is 4. The third-order valence-electron chi connectivity index (χ3n) is 5.59. The van der Waals surface area contributed by atoms with Crippen molar-refractivity contribution in [2.45, 2.75) is 24.7 Å². The number of nitriles is 1. The quantitative estimate of drug-likeness (QED) is 0.508. The summed E-state index contributed by atoms with van der Waals surface area (Å²) in [5, 5.41) is 10.7. The van der Waals surface area contributed by atoms with E-state index in [0.29, 0.717) is 22.0 Å². The van der Waals surface area contributed by atoms with Crippen molar-refractivity contribution in [2.75, 3.05) is 7.05 Å². The van der Waals surface area contributed by atoms with E-state index < -0.39 is 12.2 Å². The van der Waals surface area contributed by atoms with Gasteiger partial charge in [0.25, 0.3) is 5.91 Å². The highest BCUT2D eigenvalue weighted by molar-refractivity contribution is 6.30. The zero-order valence-electron chi connectivity index (χ0n) is 16.8. The fourth-order valence-electron chi connectivity index (χ4n) is 3.99. The number of hydrogen-bond acceptors (Lipinski definition) is 3. The van der Waals surface area contributed by atoms with E-state index in [0.717, 1.165) is 16.7 Å². The molecular weight excluding hydrogens is 431 g/mol. The summed E-state index contributed by atoms with van der Waals surface area (Å²) in [6.45, 7) is 0. The van der Waals surface area contributed by atoms with Gasteiger partial charge in [0.1, 0.15) is 12.2 Å². The summed E-state index contributed by atoms with van der Waals surface area (Å²) in [6.07, 6.45) is -0.784. The van der Waals surface area contributed by atoms with Crippen LogP contribution in [0.2, 0.25) is 10.0 Å². The lowest BCUT2D eigenvalue weighted by atomic mass is 9.91. The second-order valence-electron chi connectivity index (χ2n) is 7.52. The molecule has 1 saturated heterocycles. The Hall–Kier alpha value is -2.84. The molecule has 3 aromatic rings. The lowest BCUT2D eigenvalue weighted by Gasteiger charge is -2.43. The SMILES string of the molecule is CN1C(=O)[C@H](Cc2ccccc2C#N)O[C@@H](c2ccc(Cl)cc2)[C@H]1c1ccc(Cl)cc1. The molecule has 3 aromatic carbocycles. The smallest absolute Gasteiger partial charge is 0.252 e. The molecule has 3 atom stereocenters. The third kappa shape index (κ3) is 4.45. The molecule has 0 saturated carbocycles. The highest BCUT2D eigenvalue weighted by atomic mass is 35.5. The van der Waals surface area contributed by atoms with Crippen molar-refractivity contribution in [3.63, 3.8) is 0 Å². The van der Waals surface area contributed by atoms with Gasteiger partial charge in [0.2, 0.25) is 0 Å². The molecule has 31 heavy (non-hydrogen) atoms. The molecule has 0 spiro atoms. The first-order valence-corrected chi connectivity index (χ1v) is 10.6. The van der Waals surface area contributed by atoms with Crippen LogP contribution in [0.1, 0.15) is 34.4 Å². The van der Waals surface area contributed by atoms with E-state index in [9.17, 15) is 10.1 Å². The van der Waals surface area contributed by atoms with E-state index in [-0.39, 0.29) is 11.9 Å². The van der Waals surface area contributed by atoms with Crippen molar-refractivity contribution in [2.24, 2.45) is 0 Å². The minimum absolute atomic E-state index is 0.127. The van der Waals surface area contributed by atoms with Crippen molar-refractivity contribution in [1.29, 1.82) is 5.26 Å². The van der Waals surface area contributed by atoms with Gasteiger partial charge >= 0.3 is 0 Å². The maximum absolute atomic E-state index is 13.3. The Morgan fingerprint density at radius 1 is 0.935 bits per heavy atom. The average molecular weight is 451 g/mol. The summed E-state index contributed by atoms with van der Waals surface area (Å²) in [5.41, 5.74) is 3.18. The zero-order valence-corrected chi connectivity index (χ0v) is 18.3.